The second-order valence-corrected chi connectivity index (χ2v) is 7.29. The van der Waals surface area contributed by atoms with Gasteiger partial charge < -0.3 is 14.6 Å². The molecule has 0 bridgehead atoms. The molecule has 5 heteroatoms. The highest BCUT2D eigenvalue weighted by Gasteiger charge is 2.27. The summed E-state index contributed by atoms with van der Waals surface area (Å²) in [4.78, 5) is 25.5. The van der Waals surface area contributed by atoms with E-state index in [0.717, 1.165) is 63.8 Å². The van der Waals surface area contributed by atoms with Crippen LogP contribution in [0.3, 0.4) is 0 Å². The molecule has 4 rings (SSSR count). The number of hydrogen-bond donors (Lipinski definition) is 1. The number of nitrogens with zero attached hydrogens (tertiary/aromatic N) is 2. The molecule has 27 heavy (non-hydrogen) atoms. The maximum Gasteiger partial charge on any atom is 0.307 e. The first-order valence-electron chi connectivity index (χ1n) is 9.06. The van der Waals surface area contributed by atoms with E-state index >= 15 is 0 Å². The predicted octanol–water partition coefficient (Wildman–Crippen LogP) is 3.81. The highest BCUT2D eigenvalue weighted by atomic mass is 16.4. The highest BCUT2D eigenvalue weighted by Crippen LogP contribution is 2.44. The molecule has 0 atom stereocenters. The van der Waals surface area contributed by atoms with Gasteiger partial charge in [0.25, 0.3) is 0 Å². The number of rotatable bonds is 4. The summed E-state index contributed by atoms with van der Waals surface area (Å²) in [5.74, 6) is -0.855. The topological polar surface area (TPSA) is 62.5 Å². The van der Waals surface area contributed by atoms with Gasteiger partial charge in [0.05, 0.1) is 23.3 Å². The van der Waals surface area contributed by atoms with Gasteiger partial charge in [-0.25, -0.2) is 0 Å². The van der Waals surface area contributed by atoms with Crippen molar-refractivity contribution in [3.05, 3.63) is 52.7 Å². The predicted molar refractivity (Wildman–Crippen MR) is 107 cm³/mol. The number of benzene rings is 2. The molecule has 0 aliphatic carbocycles. The average Bonchev–Trinajstić information content (AvgIpc) is 3.00. The number of aromatic nitrogens is 1. The maximum atomic E-state index is 11.7. The number of carboxylic acids is 1. The molecule has 3 aromatic rings. The number of aldehydes is 1. The zero-order valence-corrected chi connectivity index (χ0v) is 15.7. The van der Waals surface area contributed by atoms with Crippen molar-refractivity contribution in [3.8, 4) is 11.1 Å². The van der Waals surface area contributed by atoms with Gasteiger partial charge in [-0.1, -0.05) is 29.8 Å². The van der Waals surface area contributed by atoms with Crippen molar-refractivity contribution in [1.29, 1.82) is 0 Å². The summed E-state index contributed by atoms with van der Waals surface area (Å²) in [6, 6.07) is 10.0. The minimum absolute atomic E-state index is 0.0482. The third kappa shape index (κ3) is 2.62. The Labute approximate surface area is 157 Å². The average molecular weight is 362 g/mol. The Morgan fingerprint density at radius 3 is 2.52 bits per heavy atom. The number of aryl methyl sites for hydroxylation is 1. The van der Waals surface area contributed by atoms with Gasteiger partial charge in [-0.05, 0) is 42.2 Å². The van der Waals surface area contributed by atoms with Crippen LogP contribution < -0.4 is 4.90 Å². The van der Waals surface area contributed by atoms with Gasteiger partial charge >= 0.3 is 5.97 Å². The molecule has 1 aromatic heterocycles. The molecule has 0 spiro atoms. The van der Waals surface area contributed by atoms with E-state index in [4.69, 9.17) is 0 Å². The SMILES string of the molecule is Cc1ccc(-c2c(CC(=O)O)c(C)c3c4c2cc(C=O)n4CCN3C)cc1. The van der Waals surface area contributed by atoms with Crippen LogP contribution in [0.2, 0.25) is 0 Å². The quantitative estimate of drug-likeness (QED) is 0.717. The lowest BCUT2D eigenvalue weighted by atomic mass is 9.88. The summed E-state index contributed by atoms with van der Waals surface area (Å²) in [5, 5.41) is 10.5. The van der Waals surface area contributed by atoms with Crippen LogP contribution in [-0.4, -0.2) is 35.5 Å². The van der Waals surface area contributed by atoms with Crippen molar-refractivity contribution in [3.63, 3.8) is 0 Å². The van der Waals surface area contributed by atoms with Crippen LogP contribution in [-0.2, 0) is 17.8 Å². The summed E-state index contributed by atoms with van der Waals surface area (Å²) in [6.07, 6.45) is 0.841. The molecule has 0 unspecified atom stereocenters. The van der Waals surface area contributed by atoms with Crippen molar-refractivity contribution in [2.45, 2.75) is 26.8 Å². The van der Waals surface area contributed by atoms with E-state index < -0.39 is 5.97 Å². The van der Waals surface area contributed by atoms with Gasteiger partial charge in [-0.15, -0.1) is 0 Å². The molecule has 2 heterocycles. The number of likely N-dealkylation sites (N-methyl/N-ethyl adjacent to an activating group) is 1. The van der Waals surface area contributed by atoms with E-state index in [1.54, 1.807) is 0 Å². The molecule has 138 valence electrons. The fourth-order valence-corrected chi connectivity index (χ4v) is 4.27. The van der Waals surface area contributed by atoms with Crippen molar-refractivity contribution in [1.82, 2.24) is 4.57 Å². The fraction of sp³-hybridized carbons (Fsp3) is 0.273. The van der Waals surface area contributed by atoms with Gasteiger partial charge in [0.1, 0.15) is 0 Å². The Morgan fingerprint density at radius 1 is 1.19 bits per heavy atom. The number of hydrogen-bond acceptors (Lipinski definition) is 3. The van der Waals surface area contributed by atoms with Crippen LogP contribution >= 0.6 is 0 Å². The molecule has 5 nitrogen and oxygen atoms in total. The van der Waals surface area contributed by atoms with E-state index in [1.165, 1.54) is 0 Å². The zero-order valence-electron chi connectivity index (χ0n) is 15.7. The molecule has 0 saturated carbocycles. The van der Waals surface area contributed by atoms with E-state index in [9.17, 15) is 14.7 Å². The first kappa shape index (κ1) is 17.3. The largest absolute Gasteiger partial charge is 0.481 e. The van der Waals surface area contributed by atoms with Gasteiger partial charge in [0.15, 0.2) is 6.29 Å². The number of carbonyl (C=O) groups is 2. The standard InChI is InChI=1S/C22H22N2O3/c1-13-4-6-15(7-5-13)20-17(11-19(26)27)14(2)21-22-18(20)10-16(12-25)24(22)9-8-23(21)3/h4-7,10,12H,8-9,11H2,1-3H3,(H,26,27). The molecule has 1 aliphatic heterocycles. The van der Waals surface area contributed by atoms with Crippen molar-refractivity contribution in [2.24, 2.45) is 0 Å². The minimum atomic E-state index is -0.855. The molecular weight excluding hydrogens is 340 g/mol. The monoisotopic (exact) mass is 362 g/mol. The first-order chi connectivity index (χ1) is 12.9. The maximum absolute atomic E-state index is 11.7. The number of anilines is 1. The molecule has 2 aromatic carbocycles. The Bertz CT molecular complexity index is 1080. The second kappa shape index (κ2) is 6.27. The van der Waals surface area contributed by atoms with Crippen molar-refractivity contribution < 1.29 is 14.7 Å². The lowest BCUT2D eigenvalue weighted by Crippen LogP contribution is -2.29. The van der Waals surface area contributed by atoms with Gasteiger partial charge in [-0.2, -0.15) is 0 Å². The fourth-order valence-electron chi connectivity index (χ4n) is 4.27. The normalized spacial score (nSPS) is 13.2. The molecule has 0 saturated heterocycles. The van der Waals surface area contributed by atoms with Crippen LogP contribution in [0.15, 0.2) is 30.3 Å². The van der Waals surface area contributed by atoms with Crippen LogP contribution in [0, 0.1) is 13.8 Å². The summed E-state index contributed by atoms with van der Waals surface area (Å²) >= 11 is 0. The third-order valence-corrected chi connectivity index (χ3v) is 5.56. The van der Waals surface area contributed by atoms with E-state index in [-0.39, 0.29) is 6.42 Å². The highest BCUT2D eigenvalue weighted by molar-refractivity contribution is 6.08. The molecule has 0 fully saturated rings. The molecule has 0 amide bonds. The Kier molecular flexibility index (Phi) is 4.02. The summed E-state index contributed by atoms with van der Waals surface area (Å²) in [6.45, 7) is 5.55. The Hall–Kier alpha value is -3.08. The smallest absolute Gasteiger partial charge is 0.307 e. The van der Waals surface area contributed by atoms with Gasteiger partial charge in [0, 0.05) is 25.5 Å². The van der Waals surface area contributed by atoms with E-state index in [2.05, 4.69) is 9.47 Å². The van der Waals surface area contributed by atoms with E-state index in [0.29, 0.717) is 5.69 Å². The molecule has 1 N–H and O–H groups in total. The Balaban J connectivity index is 2.17. The van der Waals surface area contributed by atoms with Crippen molar-refractivity contribution in [2.75, 3.05) is 18.5 Å². The third-order valence-electron chi connectivity index (χ3n) is 5.56. The van der Waals surface area contributed by atoms with Crippen molar-refractivity contribution >= 4 is 28.8 Å². The molecule has 1 aliphatic rings. The van der Waals surface area contributed by atoms with Crippen LogP contribution in [0.25, 0.3) is 22.0 Å². The van der Waals surface area contributed by atoms with Gasteiger partial charge in [0.2, 0.25) is 0 Å². The van der Waals surface area contributed by atoms with Crippen LogP contribution in [0.1, 0.15) is 27.2 Å². The van der Waals surface area contributed by atoms with Crippen LogP contribution in [0.4, 0.5) is 5.69 Å². The number of aliphatic carboxylic acids is 1. The Morgan fingerprint density at radius 2 is 1.89 bits per heavy atom. The molecular formula is C22H22N2O3. The minimum Gasteiger partial charge on any atom is -0.481 e. The first-order valence-corrected chi connectivity index (χ1v) is 9.06. The molecule has 0 radical (unpaired) electrons. The lowest BCUT2D eigenvalue weighted by Gasteiger charge is -2.31. The summed E-state index contributed by atoms with van der Waals surface area (Å²) < 4.78 is 2.06. The van der Waals surface area contributed by atoms with Crippen LogP contribution in [0.5, 0.6) is 0 Å². The second-order valence-electron chi connectivity index (χ2n) is 7.29. The summed E-state index contributed by atoms with van der Waals surface area (Å²) in [7, 11) is 2.02. The number of carbonyl (C=O) groups excluding carboxylic acids is 1. The number of carboxylic acid groups (broad SMARTS) is 1. The van der Waals surface area contributed by atoms with E-state index in [1.807, 2.05) is 51.2 Å². The van der Waals surface area contributed by atoms with Gasteiger partial charge in [-0.3, -0.25) is 9.59 Å². The lowest BCUT2D eigenvalue weighted by molar-refractivity contribution is -0.136. The summed E-state index contributed by atoms with van der Waals surface area (Å²) in [5.41, 5.74) is 7.52. The zero-order chi connectivity index (χ0) is 19.3.